The number of hydrogen-bond acceptors (Lipinski definition) is 8. The van der Waals surface area contributed by atoms with Crippen molar-refractivity contribution < 1.29 is 38.5 Å². The number of likely N-dealkylation sites (tertiary alicyclic amines) is 1. The molecule has 7 atom stereocenters. The molecule has 4 aliphatic heterocycles. The van der Waals surface area contributed by atoms with Crippen molar-refractivity contribution in [3.63, 3.8) is 0 Å². The zero-order chi connectivity index (χ0) is 36.2. The molecule has 2 N–H and O–H groups in total. The number of cyclic esters (lactones) is 1. The Balaban J connectivity index is 1.32. The molecule has 4 heterocycles. The van der Waals surface area contributed by atoms with E-state index in [4.69, 9.17) is 14.2 Å². The zero-order valence-corrected chi connectivity index (χ0v) is 29.3. The van der Waals surface area contributed by atoms with E-state index in [-0.39, 0.29) is 50.4 Å². The number of esters is 1. The van der Waals surface area contributed by atoms with Crippen molar-refractivity contribution in [2.24, 2.45) is 11.8 Å². The van der Waals surface area contributed by atoms with Gasteiger partial charge in [-0.05, 0) is 54.2 Å². The summed E-state index contributed by atoms with van der Waals surface area (Å²) in [6.07, 6.45) is 7.96. The monoisotopic (exact) mass is 707 g/mol. The second-order valence-corrected chi connectivity index (χ2v) is 13.9. The molecule has 11 nitrogen and oxygen atoms in total. The number of rotatable bonds is 9. The van der Waals surface area contributed by atoms with Crippen LogP contribution in [0, 0.1) is 11.8 Å². The molecular formula is C41H45N3O8. The lowest BCUT2D eigenvalue weighted by atomic mass is 9.74. The van der Waals surface area contributed by atoms with Crippen LogP contribution in [0.2, 0.25) is 0 Å². The molecule has 2 saturated heterocycles. The maximum absolute atomic E-state index is 15.1. The zero-order valence-electron chi connectivity index (χ0n) is 29.3. The van der Waals surface area contributed by atoms with E-state index in [1.54, 1.807) is 22.0 Å². The lowest BCUT2D eigenvalue weighted by Gasteiger charge is -2.36. The van der Waals surface area contributed by atoms with Gasteiger partial charge < -0.3 is 34.4 Å². The number of aliphatic hydroxyl groups is 1. The van der Waals surface area contributed by atoms with Crippen molar-refractivity contribution in [3.8, 4) is 0 Å². The number of fused-ring (bicyclic) bond motifs is 3. The molecule has 3 aromatic rings. The third kappa shape index (κ3) is 6.64. The molecule has 272 valence electrons. The number of unbranched alkanes of at least 4 members (excludes halogenated alkanes) is 2. The molecule has 4 aliphatic rings. The lowest BCUT2D eigenvalue weighted by Crippen LogP contribution is -2.56. The van der Waals surface area contributed by atoms with Crippen molar-refractivity contribution in [3.05, 3.63) is 103 Å². The van der Waals surface area contributed by atoms with E-state index < -0.39 is 47.7 Å². The highest BCUT2D eigenvalue weighted by atomic mass is 16.6. The van der Waals surface area contributed by atoms with Crippen LogP contribution in [0.15, 0.2) is 97.1 Å². The molecule has 0 saturated carbocycles. The Morgan fingerprint density at radius 2 is 1.71 bits per heavy atom. The SMILES string of the molecule is COC[C@H]1NC(=O)CC/C=C\CN(c2ccc3ccccc3c2)C(=O)[C@@H]2N(CCCCCO)C(=O)[C@H]3[C@H](C(=O)O[C@@H]1c1ccccc1)[C@@H]1C=C[C@]23O1. The number of ether oxygens (including phenoxy) is 3. The Hall–Kier alpha value is -4.84. The second kappa shape index (κ2) is 15.4. The highest BCUT2D eigenvalue weighted by Crippen LogP contribution is 2.56. The van der Waals surface area contributed by atoms with E-state index in [9.17, 15) is 19.5 Å². The Bertz CT molecular complexity index is 1860. The summed E-state index contributed by atoms with van der Waals surface area (Å²) >= 11 is 0. The molecule has 1 spiro atoms. The number of nitrogens with one attached hydrogen (secondary N) is 1. The van der Waals surface area contributed by atoms with Gasteiger partial charge in [0.15, 0.2) is 0 Å². The maximum Gasteiger partial charge on any atom is 0.313 e. The van der Waals surface area contributed by atoms with E-state index >= 15 is 4.79 Å². The second-order valence-electron chi connectivity index (χ2n) is 13.9. The molecule has 11 heteroatoms. The molecule has 2 fully saturated rings. The summed E-state index contributed by atoms with van der Waals surface area (Å²) in [4.78, 5) is 60.8. The van der Waals surface area contributed by atoms with Gasteiger partial charge in [-0.25, -0.2) is 0 Å². The molecule has 3 amide bonds. The smallest absolute Gasteiger partial charge is 0.313 e. The number of amides is 3. The van der Waals surface area contributed by atoms with Crippen LogP contribution in [-0.4, -0.2) is 90.9 Å². The van der Waals surface area contributed by atoms with Gasteiger partial charge in [-0.15, -0.1) is 0 Å². The average Bonchev–Trinajstić information content (AvgIpc) is 3.80. The summed E-state index contributed by atoms with van der Waals surface area (Å²) in [6.45, 7) is 0.542. The molecular weight excluding hydrogens is 662 g/mol. The minimum atomic E-state index is -1.39. The lowest BCUT2D eigenvalue weighted by molar-refractivity contribution is -0.162. The van der Waals surface area contributed by atoms with E-state index in [1.165, 1.54) is 7.11 Å². The van der Waals surface area contributed by atoms with Crippen molar-refractivity contribution in [2.75, 3.05) is 38.3 Å². The minimum Gasteiger partial charge on any atom is -0.455 e. The first-order valence-corrected chi connectivity index (χ1v) is 18.1. The first-order valence-electron chi connectivity index (χ1n) is 18.1. The molecule has 0 aromatic heterocycles. The van der Waals surface area contributed by atoms with Gasteiger partial charge in [0.05, 0.1) is 24.7 Å². The van der Waals surface area contributed by atoms with Crippen molar-refractivity contribution in [1.29, 1.82) is 0 Å². The Kier molecular flexibility index (Phi) is 10.5. The van der Waals surface area contributed by atoms with Crippen LogP contribution in [0.3, 0.4) is 0 Å². The normalized spacial score (nSPS) is 29.7. The van der Waals surface area contributed by atoms with Gasteiger partial charge in [-0.3, -0.25) is 19.2 Å². The minimum absolute atomic E-state index is 0.0273. The first-order chi connectivity index (χ1) is 25.4. The van der Waals surface area contributed by atoms with E-state index in [0.29, 0.717) is 36.9 Å². The summed E-state index contributed by atoms with van der Waals surface area (Å²) in [5.41, 5.74) is -0.0842. The molecule has 0 aliphatic carbocycles. The average molecular weight is 708 g/mol. The van der Waals surface area contributed by atoms with Crippen molar-refractivity contribution in [2.45, 2.75) is 62.0 Å². The van der Waals surface area contributed by atoms with E-state index in [1.807, 2.05) is 84.9 Å². The molecule has 0 radical (unpaired) electrons. The van der Waals surface area contributed by atoms with Gasteiger partial charge in [0.2, 0.25) is 11.8 Å². The number of hydrogen-bond donors (Lipinski definition) is 2. The largest absolute Gasteiger partial charge is 0.455 e. The Morgan fingerprint density at radius 3 is 2.50 bits per heavy atom. The van der Waals surface area contributed by atoms with Gasteiger partial charge in [0, 0.05) is 38.9 Å². The number of anilines is 1. The number of benzene rings is 3. The quantitative estimate of drug-likeness (QED) is 0.192. The van der Waals surface area contributed by atoms with E-state index in [2.05, 4.69) is 5.32 Å². The number of nitrogens with zero attached hydrogens (tertiary/aromatic N) is 2. The summed E-state index contributed by atoms with van der Waals surface area (Å²) in [5.74, 6) is -3.59. The van der Waals surface area contributed by atoms with Gasteiger partial charge in [-0.1, -0.05) is 85.0 Å². The predicted octanol–water partition coefficient (Wildman–Crippen LogP) is 4.25. The van der Waals surface area contributed by atoms with Crippen LogP contribution in [0.5, 0.6) is 0 Å². The number of allylic oxidation sites excluding steroid dienone is 1. The first kappa shape index (κ1) is 35.6. The summed E-state index contributed by atoms with van der Waals surface area (Å²) in [6, 6.07) is 21.1. The molecule has 3 aromatic carbocycles. The Labute approximate surface area is 303 Å². The van der Waals surface area contributed by atoms with Crippen molar-refractivity contribution >= 4 is 40.2 Å². The topological polar surface area (TPSA) is 135 Å². The van der Waals surface area contributed by atoms with Crippen LogP contribution >= 0.6 is 0 Å². The van der Waals surface area contributed by atoms with Crippen LogP contribution in [0.1, 0.15) is 43.8 Å². The van der Waals surface area contributed by atoms with Crippen LogP contribution in [0.4, 0.5) is 5.69 Å². The van der Waals surface area contributed by atoms with E-state index in [0.717, 1.165) is 10.8 Å². The summed E-state index contributed by atoms with van der Waals surface area (Å²) in [7, 11) is 1.52. The van der Waals surface area contributed by atoms with Crippen LogP contribution in [-0.2, 0) is 33.4 Å². The number of carbonyl (C=O) groups is 4. The van der Waals surface area contributed by atoms with Gasteiger partial charge >= 0.3 is 5.97 Å². The molecule has 0 unspecified atom stereocenters. The predicted molar refractivity (Wildman–Crippen MR) is 194 cm³/mol. The van der Waals surface area contributed by atoms with Gasteiger partial charge in [-0.2, -0.15) is 0 Å². The molecule has 5 bridgehead atoms. The fourth-order valence-electron chi connectivity index (χ4n) is 8.25. The number of methoxy groups -OCH3 is 1. The standard InChI is InChI=1S/C41H45N3O8/c1-50-26-31-36(28-14-5-2-6-15-28)51-40(49)34-32-20-21-41(52-32)35(34)38(47)44(23-11-4-12-24-45)37(41)39(48)43(22-10-3-7-17-33(46)42-31)30-19-18-27-13-8-9-16-29(27)25-30/h2-3,5-6,8-10,13-16,18-21,25,31-32,34-37,45H,4,7,11-12,17,22-24,26H2,1H3,(H,42,46)/b10-3-/t31-,32+,34-,35-,36-,37+,41-/m1/s1. The molecule has 52 heavy (non-hydrogen) atoms. The van der Waals surface area contributed by atoms with Gasteiger partial charge in [0.1, 0.15) is 23.7 Å². The van der Waals surface area contributed by atoms with Gasteiger partial charge in [0.25, 0.3) is 5.91 Å². The summed E-state index contributed by atoms with van der Waals surface area (Å²) < 4.78 is 18.4. The summed E-state index contributed by atoms with van der Waals surface area (Å²) in [5, 5.41) is 14.4. The highest BCUT2D eigenvalue weighted by Gasteiger charge is 2.73. The number of aliphatic hydroxyl groups excluding tert-OH is 1. The van der Waals surface area contributed by atoms with Crippen LogP contribution < -0.4 is 10.2 Å². The highest BCUT2D eigenvalue weighted by molar-refractivity contribution is 6.06. The third-order valence-corrected chi connectivity index (χ3v) is 10.7. The maximum atomic E-state index is 15.1. The Morgan fingerprint density at radius 1 is 0.923 bits per heavy atom. The molecule has 7 rings (SSSR count). The number of carbonyl (C=O) groups excluding carboxylic acids is 4. The fraction of sp³-hybridized carbons (Fsp3) is 0.415. The van der Waals surface area contributed by atoms with Crippen LogP contribution in [0.25, 0.3) is 10.8 Å². The van der Waals surface area contributed by atoms with Crippen molar-refractivity contribution in [1.82, 2.24) is 10.2 Å². The third-order valence-electron chi connectivity index (χ3n) is 10.7. The fourth-order valence-corrected chi connectivity index (χ4v) is 8.25.